The fraction of sp³-hybridized carbons (Fsp3) is 0.833. The van der Waals surface area contributed by atoms with Crippen molar-refractivity contribution in [2.24, 2.45) is 11.3 Å². The van der Waals surface area contributed by atoms with Gasteiger partial charge in [0, 0.05) is 6.54 Å². The zero-order valence-electron chi connectivity index (χ0n) is 10.1. The molecule has 0 spiro atoms. The summed E-state index contributed by atoms with van der Waals surface area (Å²) in [6.45, 7) is 4.53. The standard InChI is InChI=1S/C12H20N2OS/c1-3-12(4-2,9-13)11(15)14-7-10-5-6-16-8-10/h10H,3-8H2,1-2H3,(H,14,15). The Labute approximate surface area is 102 Å². The van der Waals surface area contributed by atoms with E-state index in [0.717, 1.165) is 12.3 Å². The lowest BCUT2D eigenvalue weighted by Gasteiger charge is -2.23. The molecular formula is C12H20N2OS. The summed E-state index contributed by atoms with van der Waals surface area (Å²) in [5.74, 6) is 2.85. The summed E-state index contributed by atoms with van der Waals surface area (Å²) in [5.41, 5.74) is -0.814. The van der Waals surface area contributed by atoms with Gasteiger partial charge in [0.15, 0.2) is 0 Å². The van der Waals surface area contributed by atoms with Gasteiger partial charge in [-0.15, -0.1) is 0 Å². The van der Waals surface area contributed by atoms with E-state index in [0.29, 0.717) is 18.8 Å². The highest BCUT2D eigenvalue weighted by molar-refractivity contribution is 7.99. The summed E-state index contributed by atoms with van der Waals surface area (Å²) in [4.78, 5) is 12.0. The maximum Gasteiger partial charge on any atom is 0.240 e. The highest BCUT2D eigenvalue weighted by atomic mass is 32.2. The van der Waals surface area contributed by atoms with E-state index in [-0.39, 0.29) is 5.91 Å². The van der Waals surface area contributed by atoms with Crippen molar-refractivity contribution in [3.63, 3.8) is 0 Å². The maximum absolute atomic E-state index is 12.0. The molecular weight excluding hydrogens is 220 g/mol. The first-order valence-corrected chi connectivity index (χ1v) is 7.11. The van der Waals surface area contributed by atoms with E-state index in [1.165, 1.54) is 12.2 Å². The first-order chi connectivity index (χ1) is 7.68. The lowest BCUT2D eigenvalue weighted by atomic mass is 9.83. The second kappa shape index (κ2) is 6.15. The molecule has 0 radical (unpaired) electrons. The van der Waals surface area contributed by atoms with Crippen molar-refractivity contribution in [2.75, 3.05) is 18.1 Å². The number of rotatable bonds is 5. The number of hydrogen-bond acceptors (Lipinski definition) is 3. The van der Waals surface area contributed by atoms with Crippen LogP contribution in [0.4, 0.5) is 0 Å². The van der Waals surface area contributed by atoms with Gasteiger partial charge in [0.25, 0.3) is 0 Å². The van der Waals surface area contributed by atoms with Crippen molar-refractivity contribution in [2.45, 2.75) is 33.1 Å². The Hall–Kier alpha value is -0.690. The minimum absolute atomic E-state index is 0.0862. The van der Waals surface area contributed by atoms with Crippen LogP contribution in [-0.2, 0) is 4.79 Å². The van der Waals surface area contributed by atoms with Gasteiger partial charge in [0.1, 0.15) is 5.41 Å². The van der Waals surface area contributed by atoms with Crippen LogP contribution in [-0.4, -0.2) is 24.0 Å². The monoisotopic (exact) mass is 240 g/mol. The molecule has 1 aliphatic heterocycles. The van der Waals surface area contributed by atoms with E-state index in [1.807, 2.05) is 25.6 Å². The molecule has 0 aromatic rings. The van der Waals surface area contributed by atoms with Crippen LogP contribution in [0, 0.1) is 22.7 Å². The summed E-state index contributed by atoms with van der Waals surface area (Å²) in [6, 6.07) is 2.17. The number of carbonyl (C=O) groups is 1. The molecule has 1 saturated heterocycles. The fourth-order valence-electron chi connectivity index (χ4n) is 1.93. The Balaban J connectivity index is 2.46. The second-order valence-corrected chi connectivity index (χ2v) is 5.49. The molecule has 0 bridgehead atoms. The molecule has 0 saturated carbocycles. The third kappa shape index (κ3) is 2.91. The van der Waals surface area contributed by atoms with Crippen molar-refractivity contribution >= 4 is 17.7 Å². The largest absolute Gasteiger partial charge is 0.354 e. The van der Waals surface area contributed by atoms with Gasteiger partial charge >= 0.3 is 0 Å². The van der Waals surface area contributed by atoms with Crippen LogP contribution in [0.2, 0.25) is 0 Å². The summed E-state index contributed by atoms with van der Waals surface area (Å²) in [7, 11) is 0. The van der Waals surface area contributed by atoms with Crippen LogP contribution in [0.1, 0.15) is 33.1 Å². The van der Waals surface area contributed by atoms with Crippen molar-refractivity contribution in [1.82, 2.24) is 5.32 Å². The average molecular weight is 240 g/mol. The second-order valence-electron chi connectivity index (χ2n) is 4.34. The number of thioether (sulfide) groups is 1. The predicted molar refractivity (Wildman–Crippen MR) is 67.1 cm³/mol. The normalized spacial score (nSPS) is 20.4. The molecule has 1 fully saturated rings. The first-order valence-electron chi connectivity index (χ1n) is 5.95. The number of nitrogens with zero attached hydrogens (tertiary/aromatic N) is 1. The number of amides is 1. The van der Waals surface area contributed by atoms with Crippen LogP contribution < -0.4 is 5.32 Å². The number of nitrogens with one attached hydrogen (secondary N) is 1. The van der Waals surface area contributed by atoms with Gasteiger partial charge in [-0.2, -0.15) is 17.0 Å². The van der Waals surface area contributed by atoms with Crippen molar-refractivity contribution in [1.29, 1.82) is 5.26 Å². The van der Waals surface area contributed by atoms with Crippen LogP contribution in [0.5, 0.6) is 0 Å². The summed E-state index contributed by atoms with van der Waals surface area (Å²) in [6.07, 6.45) is 2.36. The molecule has 1 aliphatic rings. The topological polar surface area (TPSA) is 52.9 Å². The molecule has 0 aromatic heterocycles. The van der Waals surface area contributed by atoms with Crippen LogP contribution >= 0.6 is 11.8 Å². The molecule has 90 valence electrons. The summed E-state index contributed by atoms with van der Waals surface area (Å²) < 4.78 is 0. The molecule has 1 unspecified atom stereocenters. The predicted octanol–water partition coefficient (Wildman–Crippen LogP) is 2.19. The van der Waals surface area contributed by atoms with Crippen molar-refractivity contribution in [3.05, 3.63) is 0 Å². The van der Waals surface area contributed by atoms with Crippen LogP contribution in [0.25, 0.3) is 0 Å². The van der Waals surface area contributed by atoms with Gasteiger partial charge in [-0.25, -0.2) is 0 Å². The van der Waals surface area contributed by atoms with Crippen molar-refractivity contribution in [3.8, 4) is 6.07 Å². The van der Waals surface area contributed by atoms with Crippen molar-refractivity contribution < 1.29 is 4.79 Å². The van der Waals surface area contributed by atoms with E-state index >= 15 is 0 Å². The molecule has 4 heteroatoms. The molecule has 1 rings (SSSR count). The van der Waals surface area contributed by atoms with Gasteiger partial charge in [0.05, 0.1) is 6.07 Å². The number of carbonyl (C=O) groups excluding carboxylic acids is 1. The van der Waals surface area contributed by atoms with E-state index in [9.17, 15) is 4.79 Å². The Morgan fingerprint density at radius 1 is 1.56 bits per heavy atom. The lowest BCUT2D eigenvalue weighted by molar-refractivity contribution is -0.128. The molecule has 3 nitrogen and oxygen atoms in total. The van der Waals surface area contributed by atoms with E-state index in [1.54, 1.807) is 0 Å². The van der Waals surface area contributed by atoms with E-state index < -0.39 is 5.41 Å². The third-order valence-corrected chi connectivity index (χ3v) is 4.66. The Morgan fingerprint density at radius 2 is 2.25 bits per heavy atom. The summed E-state index contributed by atoms with van der Waals surface area (Å²) >= 11 is 1.94. The molecule has 1 N–H and O–H groups in total. The summed E-state index contributed by atoms with van der Waals surface area (Å²) in [5, 5.41) is 12.1. The quantitative estimate of drug-likeness (QED) is 0.801. The smallest absolute Gasteiger partial charge is 0.240 e. The molecule has 1 amide bonds. The highest BCUT2D eigenvalue weighted by Gasteiger charge is 2.35. The minimum atomic E-state index is -0.814. The average Bonchev–Trinajstić information content (AvgIpc) is 2.82. The van der Waals surface area contributed by atoms with Gasteiger partial charge in [-0.05, 0) is 36.7 Å². The lowest BCUT2D eigenvalue weighted by Crippen LogP contribution is -2.41. The Kier molecular flexibility index (Phi) is 5.14. The molecule has 1 heterocycles. The van der Waals surface area contributed by atoms with Gasteiger partial charge < -0.3 is 5.32 Å². The number of hydrogen-bond donors (Lipinski definition) is 1. The molecule has 0 aromatic carbocycles. The Morgan fingerprint density at radius 3 is 2.69 bits per heavy atom. The SMILES string of the molecule is CCC(C#N)(CC)C(=O)NCC1CCSC1. The van der Waals surface area contributed by atoms with Gasteiger partial charge in [-0.1, -0.05) is 13.8 Å². The van der Waals surface area contributed by atoms with Crippen LogP contribution in [0.3, 0.4) is 0 Å². The third-order valence-electron chi connectivity index (χ3n) is 3.43. The highest BCUT2D eigenvalue weighted by Crippen LogP contribution is 2.26. The molecule has 0 aliphatic carbocycles. The maximum atomic E-state index is 12.0. The number of nitriles is 1. The Bertz CT molecular complexity index is 275. The van der Waals surface area contributed by atoms with Gasteiger partial charge in [0.2, 0.25) is 5.91 Å². The minimum Gasteiger partial charge on any atom is -0.354 e. The van der Waals surface area contributed by atoms with E-state index in [4.69, 9.17) is 5.26 Å². The fourth-order valence-corrected chi connectivity index (χ4v) is 3.22. The first kappa shape index (κ1) is 13.4. The molecule has 16 heavy (non-hydrogen) atoms. The van der Waals surface area contributed by atoms with Crippen LogP contribution in [0.15, 0.2) is 0 Å². The zero-order valence-corrected chi connectivity index (χ0v) is 10.9. The van der Waals surface area contributed by atoms with E-state index in [2.05, 4.69) is 11.4 Å². The van der Waals surface area contributed by atoms with Gasteiger partial charge in [-0.3, -0.25) is 4.79 Å². The zero-order chi connectivity index (χ0) is 12.0. The molecule has 1 atom stereocenters.